The molecule has 0 aliphatic carbocycles. The highest BCUT2D eigenvalue weighted by Gasteiger charge is 2.24. The molecule has 0 aliphatic rings. The van der Waals surface area contributed by atoms with Crippen LogP contribution in [0, 0.1) is 0 Å². The minimum absolute atomic E-state index is 0.268. The van der Waals surface area contributed by atoms with Crippen LogP contribution < -0.4 is 5.32 Å². The van der Waals surface area contributed by atoms with Gasteiger partial charge in [0.15, 0.2) is 0 Å². The second-order valence-corrected chi connectivity index (χ2v) is 7.15. The molecule has 21 heavy (non-hydrogen) atoms. The summed E-state index contributed by atoms with van der Waals surface area (Å²) < 4.78 is 0. The van der Waals surface area contributed by atoms with Crippen molar-refractivity contribution in [3.63, 3.8) is 0 Å². The standard InChI is InChI=1S/C18H26N2S/c1-12(2)16-11-21-18(20-16)17(19-13(3)4)14(5)15-9-7-6-8-10-15/h6-14,17,19H,1-5H3. The van der Waals surface area contributed by atoms with E-state index in [-0.39, 0.29) is 6.04 Å². The molecule has 0 saturated carbocycles. The molecule has 114 valence electrons. The van der Waals surface area contributed by atoms with E-state index < -0.39 is 0 Å². The molecule has 1 aromatic carbocycles. The van der Waals surface area contributed by atoms with Crippen LogP contribution in [0.25, 0.3) is 0 Å². The van der Waals surface area contributed by atoms with E-state index in [0.29, 0.717) is 17.9 Å². The van der Waals surface area contributed by atoms with Crippen LogP contribution in [0.4, 0.5) is 0 Å². The van der Waals surface area contributed by atoms with E-state index in [4.69, 9.17) is 4.98 Å². The Balaban J connectivity index is 2.29. The second-order valence-electron chi connectivity index (χ2n) is 6.26. The van der Waals surface area contributed by atoms with Crippen molar-refractivity contribution in [2.75, 3.05) is 0 Å². The van der Waals surface area contributed by atoms with Crippen molar-refractivity contribution in [2.24, 2.45) is 0 Å². The first-order chi connectivity index (χ1) is 9.99. The first kappa shape index (κ1) is 16.2. The summed E-state index contributed by atoms with van der Waals surface area (Å²) in [5.41, 5.74) is 2.56. The fraction of sp³-hybridized carbons (Fsp3) is 0.500. The van der Waals surface area contributed by atoms with E-state index in [2.05, 4.69) is 75.6 Å². The van der Waals surface area contributed by atoms with Gasteiger partial charge in [-0.1, -0.05) is 65.0 Å². The van der Waals surface area contributed by atoms with Gasteiger partial charge in [0, 0.05) is 17.3 Å². The number of aromatic nitrogens is 1. The first-order valence-corrected chi connectivity index (χ1v) is 8.63. The van der Waals surface area contributed by atoms with Crippen LogP contribution in [0.3, 0.4) is 0 Å². The minimum Gasteiger partial charge on any atom is -0.305 e. The highest BCUT2D eigenvalue weighted by atomic mass is 32.1. The third-order valence-electron chi connectivity index (χ3n) is 3.74. The molecule has 0 radical (unpaired) electrons. The van der Waals surface area contributed by atoms with Crippen molar-refractivity contribution in [2.45, 2.75) is 58.5 Å². The number of benzene rings is 1. The highest BCUT2D eigenvalue weighted by Crippen LogP contribution is 2.33. The van der Waals surface area contributed by atoms with Crippen LogP contribution in [0.15, 0.2) is 35.7 Å². The molecule has 2 atom stereocenters. The highest BCUT2D eigenvalue weighted by molar-refractivity contribution is 7.09. The number of nitrogens with one attached hydrogen (secondary N) is 1. The average molecular weight is 302 g/mol. The molecule has 0 spiro atoms. The molecule has 3 heteroatoms. The Morgan fingerprint density at radius 1 is 1.00 bits per heavy atom. The summed E-state index contributed by atoms with van der Waals surface area (Å²) in [6.45, 7) is 11.1. The zero-order chi connectivity index (χ0) is 15.4. The van der Waals surface area contributed by atoms with Crippen molar-refractivity contribution in [3.8, 4) is 0 Å². The lowest BCUT2D eigenvalue weighted by Crippen LogP contribution is -2.31. The molecular formula is C18H26N2S. The van der Waals surface area contributed by atoms with Gasteiger partial charge in [0.05, 0.1) is 11.7 Å². The van der Waals surface area contributed by atoms with Gasteiger partial charge in [-0.15, -0.1) is 11.3 Å². The van der Waals surface area contributed by atoms with Gasteiger partial charge < -0.3 is 5.32 Å². The van der Waals surface area contributed by atoms with Crippen molar-refractivity contribution in [1.29, 1.82) is 0 Å². The van der Waals surface area contributed by atoms with Gasteiger partial charge in [0.2, 0.25) is 0 Å². The molecular weight excluding hydrogens is 276 g/mol. The Kier molecular flexibility index (Phi) is 5.54. The number of thiazole rings is 1. The summed E-state index contributed by atoms with van der Waals surface area (Å²) in [6, 6.07) is 11.4. The van der Waals surface area contributed by atoms with E-state index in [0.717, 1.165) is 0 Å². The quantitative estimate of drug-likeness (QED) is 0.802. The van der Waals surface area contributed by atoms with Crippen LogP contribution in [0.1, 0.15) is 68.8 Å². The third kappa shape index (κ3) is 4.14. The van der Waals surface area contributed by atoms with Crippen molar-refractivity contribution in [1.82, 2.24) is 10.3 Å². The van der Waals surface area contributed by atoms with E-state index >= 15 is 0 Å². The van der Waals surface area contributed by atoms with Crippen LogP contribution in [0.5, 0.6) is 0 Å². The van der Waals surface area contributed by atoms with E-state index in [1.165, 1.54) is 16.3 Å². The maximum Gasteiger partial charge on any atom is 0.110 e. The normalized spacial score (nSPS) is 14.6. The van der Waals surface area contributed by atoms with Crippen molar-refractivity contribution >= 4 is 11.3 Å². The molecule has 2 unspecified atom stereocenters. The zero-order valence-electron chi connectivity index (χ0n) is 13.6. The van der Waals surface area contributed by atoms with Gasteiger partial charge in [-0.05, 0) is 11.5 Å². The average Bonchev–Trinajstić information content (AvgIpc) is 2.94. The van der Waals surface area contributed by atoms with E-state index in [1.807, 2.05) is 0 Å². The largest absolute Gasteiger partial charge is 0.305 e. The molecule has 0 saturated heterocycles. The van der Waals surface area contributed by atoms with Crippen LogP contribution in [0.2, 0.25) is 0 Å². The summed E-state index contributed by atoms with van der Waals surface area (Å²) in [4.78, 5) is 4.87. The predicted molar refractivity (Wildman–Crippen MR) is 92.1 cm³/mol. The predicted octanol–water partition coefficient (Wildman–Crippen LogP) is 5.11. The monoisotopic (exact) mass is 302 g/mol. The molecule has 0 bridgehead atoms. The molecule has 1 N–H and O–H groups in total. The number of nitrogens with zero attached hydrogens (tertiary/aromatic N) is 1. The first-order valence-electron chi connectivity index (χ1n) is 7.75. The van der Waals surface area contributed by atoms with Crippen molar-refractivity contribution < 1.29 is 0 Å². The van der Waals surface area contributed by atoms with Gasteiger partial charge in [-0.2, -0.15) is 0 Å². The number of hydrogen-bond donors (Lipinski definition) is 1. The molecule has 0 aliphatic heterocycles. The van der Waals surface area contributed by atoms with Gasteiger partial charge in [-0.25, -0.2) is 4.98 Å². The van der Waals surface area contributed by atoms with Crippen LogP contribution in [-0.4, -0.2) is 11.0 Å². The third-order valence-corrected chi connectivity index (χ3v) is 4.68. The second kappa shape index (κ2) is 7.19. The number of rotatable bonds is 6. The van der Waals surface area contributed by atoms with Crippen LogP contribution in [-0.2, 0) is 0 Å². The lowest BCUT2D eigenvalue weighted by Gasteiger charge is -2.26. The van der Waals surface area contributed by atoms with Gasteiger partial charge in [-0.3, -0.25) is 0 Å². The summed E-state index contributed by atoms with van der Waals surface area (Å²) in [5.74, 6) is 0.890. The van der Waals surface area contributed by atoms with Gasteiger partial charge in [0.1, 0.15) is 5.01 Å². The molecule has 2 rings (SSSR count). The van der Waals surface area contributed by atoms with Gasteiger partial charge in [0.25, 0.3) is 0 Å². The fourth-order valence-electron chi connectivity index (χ4n) is 2.45. The summed E-state index contributed by atoms with van der Waals surface area (Å²) in [6.07, 6.45) is 0. The lowest BCUT2D eigenvalue weighted by atomic mass is 9.93. The van der Waals surface area contributed by atoms with Gasteiger partial charge >= 0.3 is 0 Å². The maximum absolute atomic E-state index is 4.87. The fourth-order valence-corrected chi connectivity index (χ4v) is 3.59. The lowest BCUT2D eigenvalue weighted by molar-refractivity contribution is 0.423. The van der Waals surface area contributed by atoms with Crippen molar-refractivity contribution in [3.05, 3.63) is 52.0 Å². The van der Waals surface area contributed by atoms with Crippen LogP contribution >= 0.6 is 11.3 Å². The molecule has 2 nitrogen and oxygen atoms in total. The molecule has 0 amide bonds. The molecule has 1 heterocycles. The minimum atomic E-state index is 0.268. The summed E-state index contributed by atoms with van der Waals surface area (Å²) in [5, 5.41) is 7.09. The van der Waals surface area contributed by atoms with E-state index in [1.54, 1.807) is 11.3 Å². The topological polar surface area (TPSA) is 24.9 Å². The Bertz CT molecular complexity index is 545. The Morgan fingerprint density at radius 2 is 1.67 bits per heavy atom. The Hall–Kier alpha value is -1.19. The maximum atomic E-state index is 4.87. The van der Waals surface area contributed by atoms with E-state index in [9.17, 15) is 0 Å². The zero-order valence-corrected chi connectivity index (χ0v) is 14.4. The SMILES string of the molecule is CC(C)NC(c1nc(C(C)C)cs1)C(C)c1ccccc1. The smallest absolute Gasteiger partial charge is 0.110 e. The summed E-state index contributed by atoms with van der Waals surface area (Å²) in [7, 11) is 0. The molecule has 1 aromatic heterocycles. The molecule has 2 aromatic rings. The molecule has 0 fully saturated rings. The number of hydrogen-bond acceptors (Lipinski definition) is 3. The summed E-state index contributed by atoms with van der Waals surface area (Å²) >= 11 is 1.78. The Labute approximate surface area is 132 Å². The Morgan fingerprint density at radius 3 is 2.19 bits per heavy atom.